The van der Waals surface area contributed by atoms with Crippen LogP contribution in [0, 0.1) is 0 Å². The molecule has 384 valence electrons. The number of rotatable bonds is 12. The van der Waals surface area contributed by atoms with E-state index in [2.05, 4.69) is 269 Å². The van der Waals surface area contributed by atoms with Gasteiger partial charge in [-0.15, -0.1) is 7.59 Å². The van der Waals surface area contributed by atoms with E-state index in [0.717, 1.165) is 5.62 Å². The maximum Gasteiger partial charge on any atom is 1.00 e. The number of hydrogen-bond acceptors (Lipinski definition) is 5. The summed E-state index contributed by atoms with van der Waals surface area (Å²) in [5.41, 5.74) is 8.86. The third kappa shape index (κ3) is 21.9. The second-order valence-corrected chi connectivity index (χ2v) is 37.5. The Morgan fingerprint density at radius 3 is 0.853 bits per heavy atom. The number of nitrogens with zero attached hydrogens (tertiary/aromatic N) is 3. The van der Waals surface area contributed by atoms with Gasteiger partial charge in [-0.05, 0) is 56.0 Å². The third-order valence-corrected chi connectivity index (χ3v) is 32.5. The van der Waals surface area contributed by atoms with Crippen molar-refractivity contribution in [3.63, 3.8) is 0 Å². The Bertz CT molecular complexity index is 1690. The van der Waals surface area contributed by atoms with Crippen molar-refractivity contribution in [3.8, 4) is 11.4 Å². The third-order valence-electron chi connectivity index (χ3n) is 12.9. The molecule has 3 rings (SSSR count). The Kier molecular flexibility index (Phi) is 33.7. The average molecular weight is 1020 g/mol. The van der Waals surface area contributed by atoms with E-state index in [1.165, 1.54) is 33.6 Å². The van der Waals surface area contributed by atoms with Gasteiger partial charge in [0, 0.05) is 40.8 Å². The standard InChI is InChI=1S/C27H36N3.C12H28Si2.C9H21Si.2C4H10O2.Al.Na/c1-17(2)21-11-9-12-22(18(3)4)25(21)29-15-16-30(27(29)28)26-23(19(5)6)13-10-14-24(26)20(7)8;1-10(2,3)14(13,11(4,5)6)12(7,8)9;1-8(2,3)10(7)9(4,5)6;2*1-5-3-4-6-2;;/h9-20H,1-8H3;13H,1-9H3;1-7H3;2*3-4H2,1-2H3;;/q2*-1;;;;2*+1. The monoisotopic (exact) mass is 1020 g/mol. The van der Waals surface area contributed by atoms with E-state index in [1.807, 2.05) is 0 Å². The Hall–Kier alpha value is -0.527. The molecule has 0 aliphatic heterocycles. The first-order valence-electron chi connectivity index (χ1n) is 24.8. The summed E-state index contributed by atoms with van der Waals surface area (Å²) < 4.78 is 27.9. The summed E-state index contributed by atoms with van der Waals surface area (Å²) in [5.74, 6) is 1.71. The van der Waals surface area contributed by atoms with Gasteiger partial charge in [0.1, 0.15) is 0 Å². The average Bonchev–Trinajstić information content (AvgIpc) is 3.63. The predicted molar refractivity (Wildman–Crippen MR) is 303 cm³/mol. The molecule has 1 heterocycles. The van der Waals surface area contributed by atoms with E-state index >= 15 is 0 Å². The maximum absolute atomic E-state index is 4.73. The van der Waals surface area contributed by atoms with Crippen LogP contribution in [0.25, 0.3) is 11.4 Å². The van der Waals surface area contributed by atoms with Crippen LogP contribution in [0.1, 0.15) is 205 Å². The number of para-hydroxylation sites is 2. The van der Waals surface area contributed by atoms with Crippen LogP contribution in [-0.4, -0.2) is 107 Å². The van der Waals surface area contributed by atoms with Crippen LogP contribution >= 0.6 is 0 Å². The molecule has 0 N–H and O–H groups in total. The molecule has 0 spiro atoms. The minimum absolute atomic E-state index is 0. The molecule has 4 radical (unpaired) electrons. The van der Waals surface area contributed by atoms with E-state index in [-0.39, 0.29) is 38.4 Å². The number of methoxy groups -OCH3 is 4. The minimum atomic E-state index is -1.44. The zero-order chi connectivity index (χ0) is 53.1. The molecule has 0 fully saturated rings. The van der Waals surface area contributed by atoms with Gasteiger partial charge in [0.15, 0.2) is 5.62 Å². The summed E-state index contributed by atoms with van der Waals surface area (Å²) >= 11 is 2.60. The molecule has 0 saturated carbocycles. The number of imidazole rings is 1. The Labute approximate surface area is 458 Å². The maximum atomic E-state index is 4.73. The van der Waals surface area contributed by atoms with Crippen LogP contribution in [0.15, 0.2) is 52.8 Å². The molecule has 0 bridgehead atoms. The quantitative estimate of drug-likeness (QED) is 0.134. The first-order chi connectivity index (χ1) is 30.4. The van der Waals surface area contributed by atoms with E-state index in [4.69, 9.17) is 3.98 Å². The van der Waals surface area contributed by atoms with Crippen molar-refractivity contribution < 1.29 is 48.5 Å². The zero-order valence-electron chi connectivity index (χ0n) is 49.9. The molecule has 0 amide bonds. The van der Waals surface area contributed by atoms with Crippen LogP contribution in [0.3, 0.4) is 0 Å². The van der Waals surface area contributed by atoms with Gasteiger partial charge in [0.05, 0.1) is 46.6 Å². The molecule has 0 unspecified atom stereocenters. The van der Waals surface area contributed by atoms with Gasteiger partial charge in [-0.25, -0.2) is 0 Å². The van der Waals surface area contributed by atoms with Gasteiger partial charge in [0.2, 0.25) is 0 Å². The van der Waals surface area contributed by atoms with Crippen LogP contribution in [0.5, 0.6) is 0 Å². The largest absolute Gasteiger partial charge is 1.00 e. The summed E-state index contributed by atoms with van der Waals surface area (Å²) in [7, 11) is 8.24. The SMILES string of the molecule is CC(C)(C)[Si]([SiH-])(C(C)(C)C)C(C)(C)C.CC(C)c1cccc(C(C)C)c1-n1ccn(-c2c(C(C)C)cccc2C(C)C)c1=[N][Al].COCCOC.COCCOC.C[Si](C(C)(C)C)C(C)(C)C.[Na+]. The Morgan fingerprint density at radius 2 is 0.735 bits per heavy atom. The van der Waals surface area contributed by atoms with Gasteiger partial charge in [-0.2, -0.15) is 0 Å². The zero-order valence-corrected chi connectivity index (χ0v) is 56.2. The number of ether oxygens (including phenoxy) is 4. The molecule has 12 heteroatoms. The van der Waals surface area contributed by atoms with Crippen molar-refractivity contribution in [3.05, 3.63) is 76.7 Å². The van der Waals surface area contributed by atoms with Gasteiger partial charge >= 0.3 is 46.1 Å². The molecule has 0 saturated heterocycles. The van der Waals surface area contributed by atoms with Crippen LogP contribution in [0.2, 0.25) is 31.7 Å². The number of benzene rings is 2. The van der Waals surface area contributed by atoms with Crippen molar-refractivity contribution in [1.29, 1.82) is 0 Å². The predicted octanol–water partition coefficient (Wildman–Crippen LogP) is 12.3. The Balaban J connectivity index is -0.000000942. The molecular weight excluding hydrogens is 913 g/mol. The molecule has 1 aromatic heterocycles. The van der Waals surface area contributed by atoms with Crippen LogP contribution < -0.4 is 35.2 Å². The molecule has 2 aromatic carbocycles. The fourth-order valence-corrected chi connectivity index (χ4v) is 18.5. The summed E-state index contributed by atoms with van der Waals surface area (Å²) in [6, 6.07) is 13.4. The van der Waals surface area contributed by atoms with Gasteiger partial charge in [-0.3, -0.25) is 9.13 Å². The molecule has 7 nitrogen and oxygen atoms in total. The second kappa shape index (κ2) is 31.9. The van der Waals surface area contributed by atoms with Gasteiger partial charge < -0.3 is 32.7 Å². The fourth-order valence-electron chi connectivity index (χ4n) is 9.27. The summed E-state index contributed by atoms with van der Waals surface area (Å²) in [6.45, 7) is 59.1. The van der Waals surface area contributed by atoms with E-state index < -0.39 is 7.59 Å². The normalized spacial score (nSPS) is 12.4. The Morgan fingerprint density at radius 1 is 0.515 bits per heavy atom. The molecular formula is C56H105AlN3NaO4Si3. The van der Waals surface area contributed by atoms with Crippen LogP contribution in [0.4, 0.5) is 0 Å². The molecule has 68 heavy (non-hydrogen) atoms. The fraction of sp³-hybridized carbons (Fsp3) is 0.732. The smallest absolute Gasteiger partial charge is 0.447 e. The van der Waals surface area contributed by atoms with E-state index in [9.17, 15) is 0 Å². The minimum Gasteiger partial charge on any atom is -0.447 e. The van der Waals surface area contributed by atoms with Crippen molar-refractivity contribution in [1.82, 2.24) is 9.13 Å². The summed E-state index contributed by atoms with van der Waals surface area (Å²) in [4.78, 5) is 0. The van der Waals surface area contributed by atoms with E-state index in [1.54, 1.807) is 28.4 Å². The van der Waals surface area contributed by atoms with Gasteiger partial charge in [-0.1, -0.05) is 217 Å². The van der Waals surface area contributed by atoms with Crippen molar-refractivity contribution in [2.24, 2.45) is 3.98 Å². The first-order valence-corrected chi connectivity index (χ1v) is 31.1. The van der Waals surface area contributed by atoms with Gasteiger partial charge in [0.25, 0.3) is 0 Å². The summed E-state index contributed by atoms with van der Waals surface area (Å²) in [6.07, 6.45) is 4.36. The van der Waals surface area contributed by atoms with Crippen molar-refractivity contribution in [2.75, 3.05) is 54.9 Å². The van der Waals surface area contributed by atoms with Crippen molar-refractivity contribution in [2.45, 2.75) is 215 Å². The van der Waals surface area contributed by atoms with E-state index in [0.29, 0.717) is 75.3 Å². The number of aromatic nitrogens is 2. The van der Waals surface area contributed by atoms with Crippen molar-refractivity contribution >= 4 is 42.7 Å². The first kappa shape index (κ1) is 71.7. The summed E-state index contributed by atoms with van der Waals surface area (Å²) in [5, 5.41) is 2.36. The number of hydrogen-bond donors (Lipinski definition) is 0. The molecule has 3 aromatic rings. The molecule has 0 aliphatic rings. The topological polar surface area (TPSA) is 59.1 Å². The molecule has 0 aliphatic carbocycles. The molecule has 0 atom stereocenters. The second-order valence-electron chi connectivity index (χ2n) is 24.3. The van der Waals surface area contributed by atoms with Crippen LogP contribution in [-0.2, 0) is 18.9 Å².